The molecule has 1 amide bonds. The maximum Gasteiger partial charge on any atom is 0.226 e. The van der Waals surface area contributed by atoms with Crippen LogP contribution in [0.25, 0.3) is 0 Å². The first-order chi connectivity index (χ1) is 17.3. The summed E-state index contributed by atoms with van der Waals surface area (Å²) >= 11 is 12.6. The highest BCUT2D eigenvalue weighted by Crippen LogP contribution is 2.48. The first-order valence-corrected chi connectivity index (χ1v) is 13.2. The number of ether oxygens (including phenoxy) is 1. The first kappa shape index (κ1) is 26.9. The zero-order chi connectivity index (χ0) is 25.9. The fourth-order valence-corrected chi connectivity index (χ4v) is 5.59. The van der Waals surface area contributed by atoms with Gasteiger partial charge in [0.15, 0.2) is 6.29 Å². The average molecular weight is 531 g/mol. The molecule has 1 heterocycles. The Labute approximate surface area is 222 Å². The number of aliphatic hydroxyl groups is 2. The van der Waals surface area contributed by atoms with Crippen LogP contribution in [0.4, 0.5) is 0 Å². The van der Waals surface area contributed by atoms with Gasteiger partial charge in [-0.15, -0.1) is 0 Å². The SMILES string of the molecule is CC[C@@H](COCC1(C#N)CC1)N1C(=O)C(CC(O)O)CC(c2cccc(Cl)c2)[C@H]1c1ccc(Cl)cc1. The maximum absolute atomic E-state index is 13.9. The summed E-state index contributed by atoms with van der Waals surface area (Å²) in [7, 11) is 0. The third-order valence-corrected chi connectivity index (χ3v) is 7.94. The van der Waals surface area contributed by atoms with E-state index in [1.54, 1.807) is 0 Å². The summed E-state index contributed by atoms with van der Waals surface area (Å²) in [6, 6.07) is 16.9. The molecule has 192 valence electrons. The van der Waals surface area contributed by atoms with E-state index in [1.807, 2.05) is 60.4 Å². The van der Waals surface area contributed by atoms with Gasteiger partial charge in [0.1, 0.15) is 0 Å². The Hall–Kier alpha value is -2.14. The van der Waals surface area contributed by atoms with Crippen molar-refractivity contribution < 1.29 is 19.7 Å². The molecule has 1 saturated heterocycles. The van der Waals surface area contributed by atoms with E-state index in [0.717, 1.165) is 24.0 Å². The Morgan fingerprint density at radius 3 is 2.44 bits per heavy atom. The molecule has 2 N–H and O–H groups in total. The molecule has 1 aliphatic heterocycles. The molecule has 0 radical (unpaired) electrons. The molecule has 1 saturated carbocycles. The quantitative estimate of drug-likeness (QED) is 0.397. The van der Waals surface area contributed by atoms with Gasteiger partial charge in [0.05, 0.1) is 36.8 Å². The summed E-state index contributed by atoms with van der Waals surface area (Å²) < 4.78 is 6.03. The van der Waals surface area contributed by atoms with Crippen LogP contribution in [0.1, 0.15) is 62.1 Å². The van der Waals surface area contributed by atoms with Crippen LogP contribution in [0, 0.1) is 22.7 Å². The fraction of sp³-hybridized carbons (Fsp3) is 0.500. The van der Waals surface area contributed by atoms with Crippen LogP contribution in [0.5, 0.6) is 0 Å². The lowest BCUT2D eigenvalue weighted by Crippen LogP contribution is -2.53. The molecule has 2 aromatic rings. The standard InChI is InChI=1S/C28H32Cl2N2O4/c1-2-23(15-36-17-28(16-31)10-11-28)32-26(18-6-8-21(29)9-7-18)24(19-4-3-5-22(30)12-19)13-20(27(32)35)14-25(33)34/h3-9,12,20,23-26,33-34H,2,10-11,13-15,17H2,1H3/t20?,23-,24?,26+/m0/s1. The van der Waals surface area contributed by atoms with Crippen molar-refractivity contribution in [3.05, 3.63) is 69.7 Å². The van der Waals surface area contributed by atoms with Gasteiger partial charge in [-0.1, -0.05) is 54.4 Å². The molecule has 4 rings (SSSR count). The molecule has 4 atom stereocenters. The number of hydrogen-bond acceptors (Lipinski definition) is 5. The number of aliphatic hydroxyl groups excluding tert-OH is 1. The normalized spacial score (nSPS) is 24.0. The van der Waals surface area contributed by atoms with Crippen molar-refractivity contribution in [3.8, 4) is 6.07 Å². The summed E-state index contributed by atoms with van der Waals surface area (Å²) in [6.07, 6.45) is 1.14. The van der Waals surface area contributed by atoms with E-state index in [4.69, 9.17) is 27.9 Å². The van der Waals surface area contributed by atoms with E-state index in [2.05, 4.69) is 6.07 Å². The van der Waals surface area contributed by atoms with E-state index in [-0.39, 0.29) is 30.3 Å². The van der Waals surface area contributed by atoms with E-state index >= 15 is 0 Å². The first-order valence-electron chi connectivity index (χ1n) is 12.4. The summed E-state index contributed by atoms with van der Waals surface area (Å²) in [4.78, 5) is 15.8. The van der Waals surface area contributed by atoms with E-state index in [0.29, 0.717) is 36.1 Å². The topological polar surface area (TPSA) is 93.8 Å². The zero-order valence-electron chi connectivity index (χ0n) is 20.3. The minimum atomic E-state index is -1.59. The summed E-state index contributed by atoms with van der Waals surface area (Å²) in [5.41, 5.74) is 1.52. The smallest absolute Gasteiger partial charge is 0.226 e. The number of hydrogen-bond donors (Lipinski definition) is 2. The lowest BCUT2D eigenvalue weighted by Gasteiger charge is -2.48. The van der Waals surface area contributed by atoms with Crippen molar-refractivity contribution in [1.29, 1.82) is 5.26 Å². The van der Waals surface area contributed by atoms with Crippen LogP contribution in [0.3, 0.4) is 0 Å². The molecule has 36 heavy (non-hydrogen) atoms. The summed E-state index contributed by atoms with van der Waals surface area (Å²) in [5, 5.41) is 30.2. The predicted octanol–water partition coefficient (Wildman–Crippen LogP) is 5.47. The van der Waals surface area contributed by atoms with Crippen LogP contribution in [0.15, 0.2) is 48.5 Å². The Morgan fingerprint density at radius 1 is 1.14 bits per heavy atom. The van der Waals surface area contributed by atoms with Crippen LogP contribution < -0.4 is 0 Å². The number of rotatable bonds is 10. The van der Waals surface area contributed by atoms with Crippen molar-refractivity contribution >= 4 is 29.1 Å². The number of benzene rings is 2. The van der Waals surface area contributed by atoms with Gasteiger partial charge >= 0.3 is 0 Å². The molecule has 2 aliphatic rings. The molecule has 0 bridgehead atoms. The van der Waals surface area contributed by atoms with Crippen LogP contribution in [-0.4, -0.2) is 46.6 Å². The number of carbonyl (C=O) groups excluding carboxylic acids is 1. The minimum absolute atomic E-state index is 0.0471. The summed E-state index contributed by atoms with van der Waals surface area (Å²) in [5.74, 6) is -0.826. The average Bonchev–Trinajstić information content (AvgIpc) is 3.64. The second-order valence-corrected chi connectivity index (χ2v) is 10.9. The Bertz CT molecular complexity index is 1100. The van der Waals surface area contributed by atoms with Crippen LogP contribution in [-0.2, 0) is 9.53 Å². The lowest BCUT2D eigenvalue weighted by atomic mass is 9.74. The van der Waals surface area contributed by atoms with Crippen molar-refractivity contribution in [2.45, 2.75) is 63.3 Å². The zero-order valence-corrected chi connectivity index (χ0v) is 21.8. The molecular formula is C28H32Cl2N2O4. The van der Waals surface area contributed by atoms with E-state index in [9.17, 15) is 20.3 Å². The lowest BCUT2D eigenvalue weighted by molar-refractivity contribution is -0.154. The molecule has 0 spiro atoms. The number of nitriles is 1. The molecule has 8 heteroatoms. The van der Waals surface area contributed by atoms with Crippen molar-refractivity contribution in [2.24, 2.45) is 11.3 Å². The van der Waals surface area contributed by atoms with Gasteiger partial charge in [-0.25, -0.2) is 0 Å². The number of piperidine rings is 1. The van der Waals surface area contributed by atoms with Gasteiger partial charge in [-0.3, -0.25) is 4.79 Å². The van der Waals surface area contributed by atoms with Gasteiger partial charge < -0.3 is 19.8 Å². The number of nitrogens with zero attached hydrogens (tertiary/aromatic N) is 2. The van der Waals surface area contributed by atoms with Gasteiger partial charge in [0.2, 0.25) is 5.91 Å². The molecule has 2 aromatic carbocycles. The number of halogens is 2. The van der Waals surface area contributed by atoms with Crippen molar-refractivity contribution in [2.75, 3.05) is 13.2 Å². The molecule has 2 unspecified atom stereocenters. The highest BCUT2D eigenvalue weighted by molar-refractivity contribution is 6.30. The van der Waals surface area contributed by atoms with Crippen molar-refractivity contribution in [1.82, 2.24) is 4.90 Å². The van der Waals surface area contributed by atoms with E-state index in [1.165, 1.54) is 0 Å². The fourth-order valence-electron chi connectivity index (χ4n) is 5.27. The Balaban J connectivity index is 1.73. The number of likely N-dealkylation sites (tertiary alicyclic amines) is 1. The molecular weight excluding hydrogens is 499 g/mol. The molecule has 0 aromatic heterocycles. The Morgan fingerprint density at radius 2 is 1.86 bits per heavy atom. The molecule has 2 fully saturated rings. The van der Waals surface area contributed by atoms with Gasteiger partial charge in [-0.05, 0) is 61.1 Å². The molecule has 1 aliphatic carbocycles. The van der Waals surface area contributed by atoms with E-state index < -0.39 is 17.6 Å². The largest absolute Gasteiger partial charge is 0.378 e. The van der Waals surface area contributed by atoms with Gasteiger partial charge in [0, 0.05) is 28.3 Å². The number of amides is 1. The highest BCUT2D eigenvalue weighted by atomic mass is 35.5. The highest BCUT2D eigenvalue weighted by Gasteiger charge is 2.47. The predicted molar refractivity (Wildman–Crippen MR) is 138 cm³/mol. The minimum Gasteiger partial charge on any atom is -0.378 e. The second-order valence-electron chi connectivity index (χ2n) is 10.0. The monoisotopic (exact) mass is 530 g/mol. The third-order valence-electron chi connectivity index (χ3n) is 7.45. The van der Waals surface area contributed by atoms with Gasteiger partial charge in [-0.2, -0.15) is 5.26 Å². The van der Waals surface area contributed by atoms with Crippen LogP contribution >= 0.6 is 23.2 Å². The Kier molecular flexibility index (Phi) is 8.59. The summed E-state index contributed by atoms with van der Waals surface area (Å²) in [6.45, 7) is 2.66. The second kappa shape index (κ2) is 11.5. The third kappa shape index (κ3) is 6.04. The van der Waals surface area contributed by atoms with Crippen LogP contribution in [0.2, 0.25) is 10.0 Å². The number of carbonyl (C=O) groups is 1. The maximum atomic E-state index is 13.9. The van der Waals surface area contributed by atoms with Gasteiger partial charge in [0.25, 0.3) is 0 Å². The van der Waals surface area contributed by atoms with Crippen molar-refractivity contribution in [3.63, 3.8) is 0 Å². The molecule has 6 nitrogen and oxygen atoms in total.